The van der Waals surface area contributed by atoms with Gasteiger partial charge in [-0.3, -0.25) is 0 Å². The lowest BCUT2D eigenvalue weighted by atomic mass is 9.73. The molecule has 5 rings (SSSR count). The lowest BCUT2D eigenvalue weighted by Crippen LogP contribution is -2.43. The van der Waals surface area contributed by atoms with Crippen molar-refractivity contribution in [2.24, 2.45) is 0 Å². The summed E-state index contributed by atoms with van der Waals surface area (Å²) in [5.41, 5.74) is 7.12. The number of ether oxygens (including phenoxy) is 1. The van der Waals surface area contributed by atoms with Crippen LogP contribution in [0.25, 0.3) is 0 Å². The fourth-order valence-corrected chi connectivity index (χ4v) is 5.78. The van der Waals surface area contributed by atoms with Crippen LogP contribution < -0.4 is 15.5 Å². The van der Waals surface area contributed by atoms with Gasteiger partial charge >= 0.3 is 0 Å². The molecule has 1 aromatic carbocycles. The Kier molecular flexibility index (Phi) is 5.48. The number of aromatic nitrogens is 2. The summed E-state index contributed by atoms with van der Waals surface area (Å²) in [5, 5.41) is 7.15. The first-order valence-corrected chi connectivity index (χ1v) is 11.4. The van der Waals surface area contributed by atoms with Crippen LogP contribution in [0, 0.1) is 0 Å². The van der Waals surface area contributed by atoms with Crippen LogP contribution in [0.15, 0.2) is 24.5 Å². The molecule has 30 heavy (non-hydrogen) atoms. The Morgan fingerprint density at radius 3 is 2.97 bits per heavy atom. The monoisotopic (exact) mass is 407 g/mol. The summed E-state index contributed by atoms with van der Waals surface area (Å²) in [7, 11) is 1.75. The van der Waals surface area contributed by atoms with Gasteiger partial charge in [0.15, 0.2) is 0 Å². The molecule has 1 fully saturated rings. The summed E-state index contributed by atoms with van der Waals surface area (Å²) in [5.74, 6) is 1.68. The molecule has 6 nitrogen and oxygen atoms in total. The van der Waals surface area contributed by atoms with Crippen molar-refractivity contribution in [2.75, 3.05) is 44.8 Å². The van der Waals surface area contributed by atoms with Crippen molar-refractivity contribution in [1.82, 2.24) is 20.6 Å². The molecule has 2 N–H and O–H groups in total. The maximum atomic E-state index is 5.22. The van der Waals surface area contributed by atoms with Gasteiger partial charge in [0, 0.05) is 49.1 Å². The molecule has 2 aliphatic heterocycles. The molecule has 0 unspecified atom stereocenters. The summed E-state index contributed by atoms with van der Waals surface area (Å²) in [6.45, 7) is 8.00. The zero-order chi connectivity index (χ0) is 20.6. The van der Waals surface area contributed by atoms with E-state index in [4.69, 9.17) is 9.72 Å². The number of hydrogen-bond donors (Lipinski definition) is 2. The van der Waals surface area contributed by atoms with E-state index in [1.165, 1.54) is 47.3 Å². The third-order valence-corrected chi connectivity index (χ3v) is 7.28. The van der Waals surface area contributed by atoms with E-state index in [2.05, 4.69) is 45.6 Å². The highest BCUT2D eigenvalue weighted by Gasteiger charge is 2.46. The number of rotatable bonds is 6. The third-order valence-electron chi connectivity index (χ3n) is 7.28. The van der Waals surface area contributed by atoms with Crippen LogP contribution in [0.4, 0.5) is 11.5 Å². The topological polar surface area (TPSA) is 62.3 Å². The van der Waals surface area contributed by atoms with Crippen molar-refractivity contribution in [3.05, 3.63) is 46.9 Å². The third kappa shape index (κ3) is 3.31. The van der Waals surface area contributed by atoms with Gasteiger partial charge in [-0.1, -0.05) is 19.1 Å². The van der Waals surface area contributed by atoms with Crippen molar-refractivity contribution in [2.45, 2.75) is 50.5 Å². The summed E-state index contributed by atoms with van der Waals surface area (Å²) in [6.07, 6.45) is 6.38. The van der Waals surface area contributed by atoms with Gasteiger partial charge in [-0.05, 0) is 61.9 Å². The predicted octanol–water partition coefficient (Wildman–Crippen LogP) is 3.04. The Morgan fingerprint density at radius 1 is 1.27 bits per heavy atom. The number of nitrogens with zero attached hydrogens (tertiary/aromatic N) is 3. The first kappa shape index (κ1) is 19.9. The summed E-state index contributed by atoms with van der Waals surface area (Å²) >= 11 is 0. The average Bonchev–Trinajstić information content (AvgIpc) is 3.31. The van der Waals surface area contributed by atoms with E-state index < -0.39 is 0 Å². The largest absolute Gasteiger partial charge is 0.383 e. The van der Waals surface area contributed by atoms with Crippen LogP contribution in [-0.2, 0) is 23.1 Å². The standard InChI is InChI=1S/C24H33N5O/c1-17-6-7-19-21(17)23(28-16-27-19)29-15-24(8-10-25-11-9-24)22-18(4-3-5-20(22)29)14-26-12-13-30-2/h3-5,16-17,25-26H,6-15H2,1-2H3/t17-/m1/s1. The maximum absolute atomic E-state index is 5.22. The molecule has 1 spiro atoms. The summed E-state index contributed by atoms with van der Waals surface area (Å²) < 4.78 is 5.22. The molecule has 0 amide bonds. The molecule has 0 radical (unpaired) electrons. The molecule has 3 aliphatic rings. The maximum Gasteiger partial charge on any atom is 0.140 e. The molecule has 1 aromatic heterocycles. The Bertz CT molecular complexity index is 908. The molecule has 160 valence electrons. The molecule has 2 aromatic rings. The predicted molar refractivity (Wildman–Crippen MR) is 120 cm³/mol. The van der Waals surface area contributed by atoms with Gasteiger partial charge in [0.25, 0.3) is 0 Å². The van der Waals surface area contributed by atoms with Crippen molar-refractivity contribution < 1.29 is 4.74 Å². The molecule has 6 heteroatoms. The van der Waals surface area contributed by atoms with E-state index in [1.54, 1.807) is 13.4 Å². The van der Waals surface area contributed by atoms with Gasteiger partial charge in [0.2, 0.25) is 0 Å². The number of nitrogens with one attached hydrogen (secondary N) is 2. The van der Waals surface area contributed by atoms with E-state index in [0.29, 0.717) is 5.92 Å². The SMILES string of the molecule is COCCNCc1cccc2c1C1(CCNCC1)CN2c1ncnc2c1[C@H](C)CC2. The van der Waals surface area contributed by atoms with Crippen LogP contribution in [0.1, 0.15) is 54.5 Å². The van der Waals surface area contributed by atoms with Crippen LogP contribution in [0.5, 0.6) is 0 Å². The van der Waals surface area contributed by atoms with Gasteiger partial charge in [-0.2, -0.15) is 0 Å². The van der Waals surface area contributed by atoms with E-state index in [0.717, 1.165) is 51.6 Å². The number of methoxy groups -OCH3 is 1. The minimum absolute atomic E-state index is 0.194. The van der Waals surface area contributed by atoms with Gasteiger partial charge in [-0.25, -0.2) is 9.97 Å². The highest BCUT2D eigenvalue weighted by molar-refractivity contribution is 5.75. The second-order valence-electron chi connectivity index (χ2n) is 9.09. The summed E-state index contributed by atoms with van der Waals surface area (Å²) in [6, 6.07) is 6.82. The highest BCUT2D eigenvalue weighted by Crippen LogP contribution is 2.51. The van der Waals surface area contributed by atoms with Gasteiger partial charge in [0.1, 0.15) is 12.1 Å². The van der Waals surface area contributed by atoms with Crippen molar-refractivity contribution in [1.29, 1.82) is 0 Å². The lowest BCUT2D eigenvalue weighted by Gasteiger charge is -2.36. The number of benzene rings is 1. The Balaban J connectivity index is 1.57. The summed E-state index contributed by atoms with van der Waals surface area (Å²) in [4.78, 5) is 12.0. The second-order valence-corrected chi connectivity index (χ2v) is 9.09. The first-order valence-electron chi connectivity index (χ1n) is 11.4. The Morgan fingerprint density at radius 2 is 2.13 bits per heavy atom. The molecular formula is C24H33N5O. The number of piperidine rings is 1. The molecule has 0 saturated carbocycles. The van der Waals surface area contributed by atoms with E-state index in [1.807, 2.05) is 0 Å². The number of fused-ring (bicyclic) bond motifs is 3. The van der Waals surface area contributed by atoms with Crippen LogP contribution in [-0.4, -0.2) is 49.9 Å². The fraction of sp³-hybridized carbons (Fsp3) is 0.583. The van der Waals surface area contributed by atoms with Crippen molar-refractivity contribution in [3.8, 4) is 0 Å². The van der Waals surface area contributed by atoms with Gasteiger partial charge < -0.3 is 20.3 Å². The minimum Gasteiger partial charge on any atom is -0.383 e. The number of hydrogen-bond acceptors (Lipinski definition) is 6. The molecule has 1 atom stereocenters. The minimum atomic E-state index is 0.194. The quantitative estimate of drug-likeness (QED) is 0.718. The number of aryl methyl sites for hydroxylation is 1. The molecule has 1 saturated heterocycles. The molecule has 0 bridgehead atoms. The molecular weight excluding hydrogens is 374 g/mol. The average molecular weight is 408 g/mol. The molecule has 3 heterocycles. The smallest absolute Gasteiger partial charge is 0.140 e. The van der Waals surface area contributed by atoms with Crippen LogP contribution >= 0.6 is 0 Å². The normalized spacial score (nSPS) is 21.8. The second kappa shape index (κ2) is 8.25. The van der Waals surface area contributed by atoms with E-state index in [-0.39, 0.29) is 5.41 Å². The Hall–Kier alpha value is -2.02. The van der Waals surface area contributed by atoms with Crippen molar-refractivity contribution in [3.63, 3.8) is 0 Å². The zero-order valence-corrected chi connectivity index (χ0v) is 18.2. The highest BCUT2D eigenvalue weighted by atomic mass is 16.5. The zero-order valence-electron chi connectivity index (χ0n) is 18.2. The Labute approximate surface area is 179 Å². The van der Waals surface area contributed by atoms with E-state index >= 15 is 0 Å². The lowest BCUT2D eigenvalue weighted by molar-refractivity contribution is 0.199. The van der Waals surface area contributed by atoms with Crippen LogP contribution in [0.3, 0.4) is 0 Å². The van der Waals surface area contributed by atoms with Crippen molar-refractivity contribution >= 4 is 11.5 Å². The molecule has 1 aliphatic carbocycles. The fourth-order valence-electron chi connectivity index (χ4n) is 5.78. The number of anilines is 2. The van der Waals surface area contributed by atoms with E-state index in [9.17, 15) is 0 Å². The van der Waals surface area contributed by atoms with Gasteiger partial charge in [0.05, 0.1) is 6.61 Å². The first-order chi connectivity index (χ1) is 14.7. The van der Waals surface area contributed by atoms with Crippen LogP contribution in [0.2, 0.25) is 0 Å². The van der Waals surface area contributed by atoms with Gasteiger partial charge in [-0.15, -0.1) is 0 Å².